The monoisotopic (exact) mass is 264 g/mol. The van der Waals surface area contributed by atoms with Gasteiger partial charge in [0.25, 0.3) is 5.91 Å². The molecule has 1 N–H and O–H groups in total. The minimum atomic E-state index is -0.788. The van der Waals surface area contributed by atoms with Crippen molar-refractivity contribution in [3.8, 4) is 0 Å². The van der Waals surface area contributed by atoms with E-state index >= 15 is 0 Å². The number of amides is 1. The zero-order valence-electron chi connectivity index (χ0n) is 11.6. The van der Waals surface area contributed by atoms with Gasteiger partial charge in [-0.05, 0) is 19.9 Å². The van der Waals surface area contributed by atoms with E-state index in [1.807, 2.05) is 68.4 Å². The van der Waals surface area contributed by atoms with E-state index in [9.17, 15) is 4.79 Å². The van der Waals surface area contributed by atoms with E-state index in [0.717, 1.165) is 22.5 Å². The van der Waals surface area contributed by atoms with Gasteiger partial charge >= 0.3 is 0 Å². The van der Waals surface area contributed by atoms with Crippen LogP contribution in [0.2, 0.25) is 0 Å². The number of rotatable bonds is 1. The van der Waals surface area contributed by atoms with Crippen LogP contribution in [0.15, 0.2) is 59.6 Å². The van der Waals surface area contributed by atoms with Crippen molar-refractivity contribution in [1.82, 2.24) is 0 Å². The number of nitrogens with zero attached hydrogens (tertiary/aromatic N) is 1. The number of para-hydroxylation sites is 1. The van der Waals surface area contributed by atoms with Gasteiger partial charge in [-0.1, -0.05) is 48.5 Å². The van der Waals surface area contributed by atoms with Gasteiger partial charge < -0.3 is 5.32 Å². The molecule has 1 aliphatic heterocycles. The summed E-state index contributed by atoms with van der Waals surface area (Å²) in [5.74, 6) is -0.0871. The summed E-state index contributed by atoms with van der Waals surface area (Å²) < 4.78 is 0. The molecule has 1 heterocycles. The summed E-state index contributed by atoms with van der Waals surface area (Å²) in [5, 5.41) is 2.96. The standard InChI is InChI=1S/C17H16N2O/c1-17(2)16(20)18-14-11-7-6-10-13(14)15(19-17)12-8-4-3-5-9-12/h3-11H,1-2H3,(H,18,20). The number of aliphatic imine (C=N–C) groups is 1. The van der Waals surface area contributed by atoms with Crippen molar-refractivity contribution in [3.05, 3.63) is 65.7 Å². The van der Waals surface area contributed by atoms with E-state index in [1.165, 1.54) is 0 Å². The maximum atomic E-state index is 12.3. The molecule has 1 aliphatic rings. The summed E-state index contributed by atoms with van der Waals surface area (Å²) >= 11 is 0. The van der Waals surface area contributed by atoms with E-state index in [4.69, 9.17) is 4.99 Å². The van der Waals surface area contributed by atoms with Gasteiger partial charge in [-0.15, -0.1) is 0 Å². The molecule has 0 saturated carbocycles. The molecule has 0 aromatic heterocycles. The maximum absolute atomic E-state index is 12.3. The second kappa shape index (κ2) is 4.60. The Hall–Kier alpha value is -2.42. The molecule has 0 bridgehead atoms. The molecule has 0 spiro atoms. The van der Waals surface area contributed by atoms with Gasteiger partial charge in [-0.25, -0.2) is 0 Å². The van der Waals surface area contributed by atoms with Crippen LogP contribution in [0, 0.1) is 0 Å². The molecule has 3 heteroatoms. The highest BCUT2D eigenvalue weighted by Gasteiger charge is 2.31. The summed E-state index contributed by atoms with van der Waals surface area (Å²) in [6, 6.07) is 17.7. The number of nitrogens with one attached hydrogen (secondary N) is 1. The fraction of sp³-hybridized carbons (Fsp3) is 0.176. The maximum Gasteiger partial charge on any atom is 0.251 e. The fourth-order valence-corrected chi connectivity index (χ4v) is 2.28. The molecule has 0 fully saturated rings. The van der Waals surface area contributed by atoms with E-state index in [2.05, 4.69) is 5.32 Å². The van der Waals surface area contributed by atoms with Crippen LogP contribution in [0.25, 0.3) is 0 Å². The van der Waals surface area contributed by atoms with Crippen LogP contribution in [-0.4, -0.2) is 17.2 Å². The SMILES string of the molecule is CC1(C)N=C(c2ccccc2)c2ccccc2NC1=O. The number of carbonyl (C=O) groups is 1. The Bertz CT molecular complexity index is 687. The molecular weight excluding hydrogens is 248 g/mol. The minimum Gasteiger partial charge on any atom is -0.323 e. The first-order valence-corrected chi connectivity index (χ1v) is 6.64. The molecule has 0 aliphatic carbocycles. The fourth-order valence-electron chi connectivity index (χ4n) is 2.28. The summed E-state index contributed by atoms with van der Waals surface area (Å²) in [6.07, 6.45) is 0. The molecule has 20 heavy (non-hydrogen) atoms. The lowest BCUT2D eigenvalue weighted by Gasteiger charge is -2.17. The number of carbonyl (C=O) groups excluding carboxylic acids is 1. The van der Waals surface area contributed by atoms with Crippen molar-refractivity contribution in [2.75, 3.05) is 5.32 Å². The molecule has 0 atom stereocenters. The number of benzene rings is 2. The van der Waals surface area contributed by atoms with Crippen LogP contribution < -0.4 is 5.32 Å². The summed E-state index contributed by atoms with van der Waals surface area (Å²) in [6.45, 7) is 3.66. The van der Waals surface area contributed by atoms with Gasteiger partial charge in [0.1, 0.15) is 5.54 Å². The van der Waals surface area contributed by atoms with Gasteiger partial charge in [-0.2, -0.15) is 0 Å². The first kappa shape index (κ1) is 12.6. The van der Waals surface area contributed by atoms with Gasteiger partial charge in [0.05, 0.1) is 11.4 Å². The van der Waals surface area contributed by atoms with Crippen LogP contribution in [0.5, 0.6) is 0 Å². The minimum absolute atomic E-state index is 0.0871. The van der Waals surface area contributed by atoms with Crippen molar-refractivity contribution in [2.45, 2.75) is 19.4 Å². The van der Waals surface area contributed by atoms with E-state index in [0.29, 0.717) is 0 Å². The third-order valence-corrected chi connectivity index (χ3v) is 3.42. The summed E-state index contributed by atoms with van der Waals surface area (Å²) in [5.41, 5.74) is 2.85. The highest BCUT2D eigenvalue weighted by molar-refractivity contribution is 6.20. The smallest absolute Gasteiger partial charge is 0.251 e. The highest BCUT2D eigenvalue weighted by atomic mass is 16.2. The predicted molar refractivity (Wildman–Crippen MR) is 81.2 cm³/mol. The Kier molecular flexibility index (Phi) is 2.90. The van der Waals surface area contributed by atoms with Crippen LogP contribution in [0.3, 0.4) is 0 Å². The third kappa shape index (κ3) is 2.11. The quantitative estimate of drug-likeness (QED) is 0.844. The lowest BCUT2D eigenvalue weighted by atomic mass is 10.00. The van der Waals surface area contributed by atoms with E-state index < -0.39 is 5.54 Å². The lowest BCUT2D eigenvalue weighted by molar-refractivity contribution is -0.119. The van der Waals surface area contributed by atoms with Crippen LogP contribution >= 0.6 is 0 Å². The van der Waals surface area contributed by atoms with Crippen LogP contribution in [-0.2, 0) is 4.79 Å². The van der Waals surface area contributed by atoms with Crippen molar-refractivity contribution < 1.29 is 4.79 Å². The van der Waals surface area contributed by atoms with Gasteiger partial charge in [0.2, 0.25) is 0 Å². The molecule has 3 rings (SSSR count). The Labute approximate surface area is 118 Å². The number of hydrogen-bond donors (Lipinski definition) is 1. The van der Waals surface area contributed by atoms with Gasteiger partial charge in [0.15, 0.2) is 0 Å². The van der Waals surface area contributed by atoms with Crippen LogP contribution in [0.4, 0.5) is 5.69 Å². The summed E-state index contributed by atoms with van der Waals surface area (Å²) in [4.78, 5) is 17.0. The Balaban J connectivity index is 2.26. The number of anilines is 1. The van der Waals surface area contributed by atoms with Crippen LogP contribution in [0.1, 0.15) is 25.0 Å². The second-order valence-electron chi connectivity index (χ2n) is 5.39. The van der Waals surface area contributed by atoms with Gasteiger partial charge in [-0.3, -0.25) is 9.79 Å². The predicted octanol–water partition coefficient (Wildman–Crippen LogP) is 3.25. The highest BCUT2D eigenvalue weighted by Crippen LogP contribution is 2.27. The summed E-state index contributed by atoms with van der Waals surface area (Å²) in [7, 11) is 0. The first-order chi connectivity index (χ1) is 9.58. The molecule has 2 aromatic rings. The lowest BCUT2D eigenvalue weighted by Crippen LogP contribution is -2.34. The molecular formula is C17H16N2O. The van der Waals surface area contributed by atoms with Crippen molar-refractivity contribution in [1.29, 1.82) is 0 Å². The van der Waals surface area contributed by atoms with Crippen molar-refractivity contribution >= 4 is 17.3 Å². The van der Waals surface area contributed by atoms with Crippen molar-refractivity contribution in [3.63, 3.8) is 0 Å². The average Bonchev–Trinajstić information content (AvgIpc) is 2.55. The second-order valence-corrected chi connectivity index (χ2v) is 5.39. The Morgan fingerprint density at radius 1 is 0.950 bits per heavy atom. The molecule has 100 valence electrons. The largest absolute Gasteiger partial charge is 0.323 e. The Morgan fingerprint density at radius 3 is 2.35 bits per heavy atom. The molecule has 3 nitrogen and oxygen atoms in total. The molecule has 1 amide bonds. The van der Waals surface area contributed by atoms with Crippen molar-refractivity contribution in [2.24, 2.45) is 4.99 Å². The van der Waals surface area contributed by atoms with E-state index in [-0.39, 0.29) is 5.91 Å². The van der Waals surface area contributed by atoms with E-state index in [1.54, 1.807) is 0 Å². The number of hydrogen-bond acceptors (Lipinski definition) is 2. The normalized spacial score (nSPS) is 16.7. The number of benzodiazepines with no additional fused rings is 1. The number of fused-ring (bicyclic) bond motifs is 1. The average molecular weight is 264 g/mol. The molecule has 0 radical (unpaired) electrons. The molecule has 2 aromatic carbocycles. The van der Waals surface area contributed by atoms with Gasteiger partial charge in [0, 0.05) is 11.1 Å². The Morgan fingerprint density at radius 2 is 1.60 bits per heavy atom. The molecule has 0 unspecified atom stereocenters. The zero-order valence-corrected chi connectivity index (χ0v) is 11.6. The topological polar surface area (TPSA) is 41.5 Å². The first-order valence-electron chi connectivity index (χ1n) is 6.64. The molecule has 0 saturated heterocycles. The third-order valence-electron chi connectivity index (χ3n) is 3.42. The zero-order chi connectivity index (χ0) is 14.2.